The molecule has 2 aliphatic heterocycles. The van der Waals surface area contributed by atoms with Gasteiger partial charge in [0, 0.05) is 24.0 Å². The first-order valence-corrected chi connectivity index (χ1v) is 16.5. The van der Waals surface area contributed by atoms with Gasteiger partial charge in [-0.05, 0) is 54.3 Å². The van der Waals surface area contributed by atoms with Gasteiger partial charge in [0.2, 0.25) is 21.8 Å². The number of piperazine rings is 1. The van der Waals surface area contributed by atoms with Crippen molar-refractivity contribution in [3.05, 3.63) is 99.8 Å². The average Bonchev–Trinajstić information content (AvgIpc) is 3.85. The minimum Gasteiger partial charge on any atom is -0.445 e. The number of nitrogens with zero attached hydrogens (tertiary/aromatic N) is 3. The predicted octanol–water partition coefficient (Wildman–Crippen LogP) is 4.20. The topological polar surface area (TPSA) is 116 Å². The summed E-state index contributed by atoms with van der Waals surface area (Å²) in [7, 11) is -4.41. The van der Waals surface area contributed by atoms with Crippen LogP contribution in [0.4, 0.5) is 9.18 Å². The molecular weight excluding hydrogens is 646 g/mol. The third-order valence-corrected chi connectivity index (χ3v) is 10.7. The SMILES string of the molecule is O=C(NC1CN(S(=O)(=O)c2ccc(Cl)cc2Cl)C2CN(C3CC3)C(=O)C(Cc3ccc(F)cc3)N2C1=O)OCc1ccccc1. The van der Waals surface area contributed by atoms with Crippen molar-refractivity contribution in [2.45, 2.75) is 55.1 Å². The number of benzene rings is 3. The summed E-state index contributed by atoms with van der Waals surface area (Å²) < 4.78 is 48.7. The van der Waals surface area contributed by atoms with Crippen LogP contribution in [-0.2, 0) is 37.4 Å². The van der Waals surface area contributed by atoms with Crippen LogP contribution in [0.25, 0.3) is 0 Å². The molecule has 3 atom stereocenters. The van der Waals surface area contributed by atoms with Crippen molar-refractivity contribution >= 4 is 51.1 Å². The van der Waals surface area contributed by atoms with E-state index in [9.17, 15) is 27.2 Å². The van der Waals surface area contributed by atoms with E-state index in [1.165, 1.54) is 47.4 Å². The van der Waals surface area contributed by atoms with Gasteiger partial charge in [0.15, 0.2) is 0 Å². The fourth-order valence-corrected chi connectivity index (χ4v) is 8.12. The van der Waals surface area contributed by atoms with Crippen molar-refractivity contribution in [1.29, 1.82) is 0 Å². The van der Waals surface area contributed by atoms with Crippen LogP contribution in [0.5, 0.6) is 0 Å². The van der Waals surface area contributed by atoms with Crippen LogP contribution >= 0.6 is 23.2 Å². The number of carbonyl (C=O) groups excluding carboxylic acids is 3. The van der Waals surface area contributed by atoms with Crippen LogP contribution in [0, 0.1) is 5.82 Å². The molecule has 3 aromatic rings. The summed E-state index contributed by atoms with van der Waals surface area (Å²) in [5, 5.41) is 2.63. The van der Waals surface area contributed by atoms with Crippen molar-refractivity contribution in [3.63, 3.8) is 0 Å². The van der Waals surface area contributed by atoms with E-state index in [4.69, 9.17) is 27.9 Å². The van der Waals surface area contributed by atoms with Gasteiger partial charge in [0.25, 0.3) is 0 Å². The lowest BCUT2D eigenvalue weighted by molar-refractivity contribution is -0.167. The highest BCUT2D eigenvalue weighted by atomic mass is 35.5. The number of fused-ring (bicyclic) bond motifs is 1. The molecule has 14 heteroatoms. The maximum atomic E-state index is 14.3. The maximum absolute atomic E-state index is 14.3. The second-order valence-electron chi connectivity index (χ2n) is 11.2. The number of ether oxygens (including phenoxy) is 1. The Balaban J connectivity index is 1.37. The Morgan fingerprint density at radius 1 is 0.933 bits per heavy atom. The number of halogens is 3. The molecule has 1 N–H and O–H groups in total. The highest BCUT2D eigenvalue weighted by molar-refractivity contribution is 7.89. The van der Waals surface area contributed by atoms with E-state index in [0.717, 1.165) is 17.1 Å². The van der Waals surface area contributed by atoms with Crippen molar-refractivity contribution in [3.8, 4) is 0 Å². The van der Waals surface area contributed by atoms with Crippen LogP contribution < -0.4 is 5.32 Å². The van der Waals surface area contributed by atoms with E-state index in [1.807, 2.05) is 6.07 Å². The van der Waals surface area contributed by atoms with E-state index < -0.39 is 52.6 Å². The Morgan fingerprint density at radius 2 is 1.64 bits per heavy atom. The quantitative estimate of drug-likeness (QED) is 0.383. The fraction of sp³-hybridized carbons (Fsp3) is 0.323. The molecule has 2 saturated heterocycles. The number of rotatable bonds is 8. The number of sulfonamides is 1. The summed E-state index contributed by atoms with van der Waals surface area (Å²) in [5.74, 6) is -1.45. The zero-order valence-corrected chi connectivity index (χ0v) is 26.1. The number of carbonyl (C=O) groups is 3. The van der Waals surface area contributed by atoms with Gasteiger partial charge in [-0.15, -0.1) is 0 Å². The van der Waals surface area contributed by atoms with Crippen LogP contribution in [-0.4, -0.2) is 77.8 Å². The molecular formula is C31H29Cl2FN4O6S. The predicted molar refractivity (Wildman–Crippen MR) is 163 cm³/mol. The van der Waals surface area contributed by atoms with E-state index in [2.05, 4.69) is 5.32 Å². The summed E-state index contributed by atoms with van der Waals surface area (Å²) in [4.78, 5) is 43.6. The molecule has 6 rings (SSSR count). The molecule has 0 spiro atoms. The largest absolute Gasteiger partial charge is 0.445 e. The minimum atomic E-state index is -4.41. The summed E-state index contributed by atoms with van der Waals surface area (Å²) in [6, 6.07) is 15.8. The molecule has 1 aliphatic carbocycles. The second-order valence-corrected chi connectivity index (χ2v) is 13.9. The number of amides is 3. The lowest BCUT2D eigenvalue weighted by Crippen LogP contribution is -2.76. The molecule has 3 amide bonds. The molecule has 3 aliphatic rings. The highest BCUT2D eigenvalue weighted by Crippen LogP contribution is 2.38. The van der Waals surface area contributed by atoms with Gasteiger partial charge in [-0.1, -0.05) is 65.7 Å². The average molecular weight is 676 g/mol. The first-order valence-electron chi connectivity index (χ1n) is 14.3. The van der Waals surface area contributed by atoms with Gasteiger partial charge < -0.3 is 19.9 Å². The van der Waals surface area contributed by atoms with Crippen LogP contribution in [0.2, 0.25) is 10.0 Å². The second kappa shape index (κ2) is 12.6. The molecule has 2 heterocycles. The molecule has 1 saturated carbocycles. The minimum absolute atomic E-state index is 0.00529. The normalized spacial score (nSPS) is 22.2. The summed E-state index contributed by atoms with van der Waals surface area (Å²) >= 11 is 12.4. The van der Waals surface area contributed by atoms with Crippen LogP contribution in [0.15, 0.2) is 77.7 Å². The van der Waals surface area contributed by atoms with Crippen molar-refractivity contribution in [2.75, 3.05) is 13.1 Å². The van der Waals surface area contributed by atoms with Gasteiger partial charge in [-0.3, -0.25) is 9.59 Å². The summed E-state index contributed by atoms with van der Waals surface area (Å²) in [6.07, 6.45) is -0.524. The third-order valence-electron chi connectivity index (χ3n) is 8.15. The molecule has 236 valence electrons. The van der Waals surface area contributed by atoms with E-state index in [1.54, 1.807) is 29.2 Å². The molecule has 0 bridgehead atoms. The zero-order chi connectivity index (χ0) is 31.9. The molecule has 45 heavy (non-hydrogen) atoms. The van der Waals surface area contributed by atoms with E-state index in [0.29, 0.717) is 11.1 Å². The van der Waals surface area contributed by atoms with Gasteiger partial charge in [-0.2, -0.15) is 4.31 Å². The van der Waals surface area contributed by atoms with Crippen molar-refractivity contribution < 1.29 is 31.9 Å². The van der Waals surface area contributed by atoms with E-state index >= 15 is 0 Å². The Labute approximate surface area is 269 Å². The van der Waals surface area contributed by atoms with Gasteiger partial charge in [0.1, 0.15) is 35.6 Å². The monoisotopic (exact) mass is 674 g/mol. The third kappa shape index (κ3) is 6.51. The smallest absolute Gasteiger partial charge is 0.408 e. The van der Waals surface area contributed by atoms with Crippen LogP contribution in [0.1, 0.15) is 24.0 Å². The van der Waals surface area contributed by atoms with E-state index in [-0.39, 0.29) is 46.5 Å². The molecule has 0 aromatic heterocycles. The summed E-state index contributed by atoms with van der Waals surface area (Å²) in [6.45, 7) is -0.577. The molecule has 3 unspecified atom stereocenters. The van der Waals surface area contributed by atoms with Crippen molar-refractivity contribution in [2.24, 2.45) is 0 Å². The molecule has 3 aromatic carbocycles. The Hall–Kier alpha value is -3.71. The first kappa shape index (κ1) is 31.3. The molecule has 0 radical (unpaired) electrons. The standard InChI is InChI=1S/C31H29Cl2FN4O6S/c32-21-8-13-27(24(33)15-21)45(42,43)37-16-25(35-31(41)44-18-20-4-2-1-3-5-20)29(39)38-26(14-19-6-9-22(34)10-7-19)30(40)36(17-28(37)38)23-11-12-23/h1-10,13,15,23,25-26,28H,11-12,14,16-18H2,(H,35,41). The number of hydrogen-bond donors (Lipinski definition) is 1. The van der Waals surface area contributed by atoms with Gasteiger partial charge in [0.05, 0.1) is 11.6 Å². The van der Waals surface area contributed by atoms with Gasteiger partial charge in [-0.25, -0.2) is 17.6 Å². The number of hydrogen-bond acceptors (Lipinski definition) is 6. The summed E-state index contributed by atoms with van der Waals surface area (Å²) in [5.41, 5.74) is 1.29. The first-order chi connectivity index (χ1) is 21.5. The zero-order valence-electron chi connectivity index (χ0n) is 23.8. The van der Waals surface area contributed by atoms with Crippen LogP contribution in [0.3, 0.4) is 0 Å². The maximum Gasteiger partial charge on any atom is 0.408 e. The molecule has 10 nitrogen and oxygen atoms in total. The number of nitrogens with one attached hydrogen (secondary N) is 1. The van der Waals surface area contributed by atoms with Crippen molar-refractivity contribution in [1.82, 2.24) is 19.4 Å². The fourth-order valence-electron chi connectivity index (χ4n) is 5.79. The highest BCUT2D eigenvalue weighted by Gasteiger charge is 2.56. The van der Waals surface area contributed by atoms with Gasteiger partial charge >= 0.3 is 6.09 Å². The Bertz CT molecular complexity index is 1730. The lowest BCUT2D eigenvalue weighted by atomic mass is 9.97. The molecule has 3 fully saturated rings. The lowest BCUT2D eigenvalue weighted by Gasteiger charge is -2.53. The Morgan fingerprint density at radius 3 is 2.31 bits per heavy atom. The Kier molecular flexibility index (Phi) is 8.75. The number of alkyl carbamates (subject to hydrolysis) is 1.